The Morgan fingerprint density at radius 3 is 2.87 bits per heavy atom. The van der Waals surface area contributed by atoms with Crippen LogP contribution in [0.15, 0.2) is 0 Å². The van der Waals surface area contributed by atoms with E-state index in [1.165, 1.54) is 0 Å². The van der Waals surface area contributed by atoms with Crippen molar-refractivity contribution in [3.05, 3.63) is 0 Å². The summed E-state index contributed by atoms with van der Waals surface area (Å²) >= 11 is 0. The fraction of sp³-hybridized carbons (Fsp3) is 0.909. The van der Waals surface area contributed by atoms with Crippen molar-refractivity contribution < 1.29 is 14.3 Å². The van der Waals surface area contributed by atoms with E-state index in [0.29, 0.717) is 19.8 Å². The van der Waals surface area contributed by atoms with Gasteiger partial charge in [-0.1, -0.05) is 6.92 Å². The van der Waals surface area contributed by atoms with Crippen LogP contribution in [-0.4, -0.2) is 38.8 Å². The minimum atomic E-state index is -0.507. The maximum Gasteiger partial charge on any atom is 0.145 e. The summed E-state index contributed by atoms with van der Waals surface area (Å²) < 4.78 is 10.2. The molecular formula is C11H21NO3. The van der Waals surface area contributed by atoms with Crippen LogP contribution in [0, 0.1) is 11.3 Å². The van der Waals surface area contributed by atoms with E-state index in [1.54, 1.807) is 7.11 Å². The second kappa shape index (κ2) is 5.05. The van der Waals surface area contributed by atoms with Gasteiger partial charge in [-0.15, -0.1) is 0 Å². The largest absolute Gasteiger partial charge is 0.385 e. The van der Waals surface area contributed by atoms with Crippen molar-refractivity contribution in [2.45, 2.75) is 26.3 Å². The molecule has 1 aliphatic heterocycles. The summed E-state index contributed by atoms with van der Waals surface area (Å²) in [6, 6.07) is -0.171. The predicted molar refractivity (Wildman–Crippen MR) is 57.6 cm³/mol. The molecule has 88 valence electrons. The molecular weight excluding hydrogens is 194 g/mol. The number of Topliss-reactive ketones (excluding diaryl/α,β-unsaturated/α-hetero) is 1. The molecule has 0 radical (unpaired) electrons. The van der Waals surface area contributed by atoms with Gasteiger partial charge < -0.3 is 15.2 Å². The van der Waals surface area contributed by atoms with E-state index in [0.717, 1.165) is 6.42 Å². The second-order valence-electron chi connectivity index (χ2n) is 4.59. The molecule has 1 saturated heterocycles. The van der Waals surface area contributed by atoms with Gasteiger partial charge in [0.1, 0.15) is 5.78 Å². The quantitative estimate of drug-likeness (QED) is 0.729. The molecule has 0 bridgehead atoms. The van der Waals surface area contributed by atoms with Crippen LogP contribution in [0.2, 0.25) is 0 Å². The van der Waals surface area contributed by atoms with Crippen molar-refractivity contribution in [2.75, 3.05) is 26.9 Å². The Labute approximate surface area is 91.1 Å². The lowest BCUT2D eigenvalue weighted by Crippen LogP contribution is -2.46. The van der Waals surface area contributed by atoms with Crippen LogP contribution in [0.1, 0.15) is 20.3 Å². The lowest BCUT2D eigenvalue weighted by molar-refractivity contribution is -0.132. The second-order valence-corrected chi connectivity index (χ2v) is 4.59. The third-order valence-electron chi connectivity index (χ3n) is 3.28. The monoisotopic (exact) mass is 215 g/mol. The first kappa shape index (κ1) is 12.6. The van der Waals surface area contributed by atoms with Crippen LogP contribution in [0.3, 0.4) is 0 Å². The SMILES string of the molecule is COCCC(C)C(=O)C1(C)COCC1N. The van der Waals surface area contributed by atoms with Crippen LogP contribution in [0.4, 0.5) is 0 Å². The number of methoxy groups -OCH3 is 1. The summed E-state index contributed by atoms with van der Waals surface area (Å²) in [5, 5.41) is 0. The van der Waals surface area contributed by atoms with E-state index in [2.05, 4.69) is 0 Å². The zero-order chi connectivity index (χ0) is 11.5. The zero-order valence-corrected chi connectivity index (χ0v) is 9.79. The standard InChI is InChI=1S/C11H21NO3/c1-8(4-5-14-3)10(13)11(2)7-15-6-9(11)12/h8-9H,4-7,12H2,1-3H3. The fourth-order valence-corrected chi connectivity index (χ4v) is 1.93. The molecule has 1 rings (SSSR count). The van der Waals surface area contributed by atoms with Gasteiger partial charge >= 0.3 is 0 Å². The van der Waals surface area contributed by atoms with Gasteiger partial charge in [0.25, 0.3) is 0 Å². The Morgan fingerprint density at radius 2 is 2.40 bits per heavy atom. The molecule has 1 fully saturated rings. The molecule has 0 spiro atoms. The first-order valence-electron chi connectivity index (χ1n) is 5.39. The van der Waals surface area contributed by atoms with Gasteiger partial charge in [-0.3, -0.25) is 4.79 Å². The van der Waals surface area contributed by atoms with Crippen LogP contribution >= 0.6 is 0 Å². The number of hydrogen-bond acceptors (Lipinski definition) is 4. The maximum absolute atomic E-state index is 12.2. The summed E-state index contributed by atoms with van der Waals surface area (Å²) in [6.45, 7) is 5.37. The number of carbonyl (C=O) groups excluding carboxylic acids is 1. The average molecular weight is 215 g/mol. The molecule has 1 heterocycles. The average Bonchev–Trinajstić information content (AvgIpc) is 2.56. The molecule has 1 aliphatic rings. The van der Waals surface area contributed by atoms with Crippen LogP contribution < -0.4 is 5.73 Å². The molecule has 0 aromatic heterocycles. The van der Waals surface area contributed by atoms with E-state index in [-0.39, 0.29) is 17.7 Å². The first-order chi connectivity index (χ1) is 7.02. The van der Waals surface area contributed by atoms with Crippen molar-refractivity contribution >= 4 is 5.78 Å². The molecule has 0 amide bonds. The molecule has 15 heavy (non-hydrogen) atoms. The number of ether oxygens (including phenoxy) is 2. The molecule has 0 aliphatic carbocycles. The molecule has 2 N–H and O–H groups in total. The van der Waals surface area contributed by atoms with Gasteiger partial charge in [0.2, 0.25) is 0 Å². The van der Waals surface area contributed by atoms with Gasteiger partial charge in [0.05, 0.1) is 18.6 Å². The van der Waals surface area contributed by atoms with E-state index < -0.39 is 5.41 Å². The lowest BCUT2D eigenvalue weighted by atomic mass is 9.76. The maximum atomic E-state index is 12.2. The minimum absolute atomic E-state index is 0.0114. The van der Waals surface area contributed by atoms with E-state index in [1.807, 2.05) is 13.8 Å². The third-order valence-corrected chi connectivity index (χ3v) is 3.28. The van der Waals surface area contributed by atoms with E-state index >= 15 is 0 Å². The summed E-state index contributed by atoms with van der Waals surface area (Å²) in [7, 11) is 1.64. The Hall–Kier alpha value is -0.450. The van der Waals surface area contributed by atoms with Gasteiger partial charge in [0.15, 0.2) is 0 Å². The highest BCUT2D eigenvalue weighted by Crippen LogP contribution is 2.31. The Bertz CT molecular complexity index is 232. The number of ketones is 1. The molecule has 0 saturated carbocycles. The molecule has 0 aromatic carbocycles. The number of carbonyl (C=O) groups is 1. The van der Waals surface area contributed by atoms with Crippen molar-refractivity contribution in [1.82, 2.24) is 0 Å². The summed E-state index contributed by atoms with van der Waals surface area (Å²) in [6.07, 6.45) is 0.748. The lowest BCUT2D eigenvalue weighted by Gasteiger charge is -2.28. The fourth-order valence-electron chi connectivity index (χ4n) is 1.93. The smallest absolute Gasteiger partial charge is 0.145 e. The topological polar surface area (TPSA) is 61.5 Å². The van der Waals surface area contributed by atoms with Crippen molar-refractivity contribution in [1.29, 1.82) is 0 Å². The predicted octanol–water partition coefficient (Wildman–Crippen LogP) is 0.592. The molecule has 3 atom stereocenters. The summed E-state index contributed by atoms with van der Waals surface area (Å²) in [4.78, 5) is 12.2. The van der Waals surface area contributed by atoms with Gasteiger partial charge in [0, 0.05) is 25.7 Å². The molecule has 4 heteroatoms. The van der Waals surface area contributed by atoms with Gasteiger partial charge in [-0.2, -0.15) is 0 Å². The van der Waals surface area contributed by atoms with E-state index in [9.17, 15) is 4.79 Å². The highest BCUT2D eigenvalue weighted by molar-refractivity contribution is 5.87. The third kappa shape index (κ3) is 2.56. The van der Waals surface area contributed by atoms with Crippen molar-refractivity contribution in [2.24, 2.45) is 17.1 Å². The van der Waals surface area contributed by atoms with Crippen molar-refractivity contribution in [3.63, 3.8) is 0 Å². The summed E-state index contributed by atoms with van der Waals surface area (Å²) in [5.74, 6) is 0.187. The number of hydrogen-bond donors (Lipinski definition) is 1. The first-order valence-corrected chi connectivity index (χ1v) is 5.39. The Balaban J connectivity index is 2.58. The van der Waals surface area contributed by atoms with Crippen molar-refractivity contribution in [3.8, 4) is 0 Å². The van der Waals surface area contributed by atoms with Gasteiger partial charge in [-0.05, 0) is 13.3 Å². The normalized spacial score (nSPS) is 32.9. The molecule has 4 nitrogen and oxygen atoms in total. The molecule has 0 aromatic rings. The number of rotatable bonds is 5. The Kier molecular flexibility index (Phi) is 4.25. The summed E-state index contributed by atoms with van der Waals surface area (Å²) in [5.41, 5.74) is 5.40. The van der Waals surface area contributed by atoms with E-state index in [4.69, 9.17) is 15.2 Å². The molecule has 3 unspecified atom stereocenters. The van der Waals surface area contributed by atoms with Gasteiger partial charge in [-0.25, -0.2) is 0 Å². The van der Waals surface area contributed by atoms with Crippen LogP contribution in [0.5, 0.6) is 0 Å². The highest BCUT2D eigenvalue weighted by atomic mass is 16.5. The van der Waals surface area contributed by atoms with Crippen LogP contribution in [-0.2, 0) is 14.3 Å². The minimum Gasteiger partial charge on any atom is -0.385 e. The highest BCUT2D eigenvalue weighted by Gasteiger charge is 2.45. The Morgan fingerprint density at radius 1 is 1.73 bits per heavy atom. The van der Waals surface area contributed by atoms with Crippen LogP contribution in [0.25, 0.3) is 0 Å². The number of nitrogens with two attached hydrogens (primary N) is 1. The zero-order valence-electron chi connectivity index (χ0n) is 9.79.